The fraction of sp³-hybridized carbons (Fsp3) is 0.367. The van der Waals surface area contributed by atoms with Gasteiger partial charge in [-0.25, -0.2) is 4.39 Å². The highest BCUT2D eigenvalue weighted by atomic mass is 35.5. The minimum absolute atomic E-state index is 0.00987. The summed E-state index contributed by atoms with van der Waals surface area (Å²) < 4.78 is 25.0. The zero-order valence-corrected chi connectivity index (χ0v) is 22.7. The molecule has 2 aromatic carbocycles. The number of benzene rings is 2. The Balaban J connectivity index is 1.46. The Morgan fingerprint density at radius 2 is 2.00 bits per heavy atom. The first-order valence-electron chi connectivity index (χ1n) is 13.2. The third kappa shape index (κ3) is 8.00. The van der Waals surface area contributed by atoms with E-state index in [2.05, 4.69) is 5.32 Å². The average molecular weight is 554 g/mol. The van der Waals surface area contributed by atoms with Gasteiger partial charge in [0, 0.05) is 42.2 Å². The summed E-state index contributed by atoms with van der Waals surface area (Å²) in [6, 6.07) is 13.2. The van der Waals surface area contributed by atoms with E-state index in [-0.39, 0.29) is 23.1 Å². The summed E-state index contributed by atoms with van der Waals surface area (Å²) in [6.45, 7) is 0.343. The fourth-order valence-electron chi connectivity index (χ4n) is 4.19. The molecule has 1 amide bonds. The lowest BCUT2D eigenvalue weighted by molar-refractivity contribution is -0.107. The van der Waals surface area contributed by atoms with Crippen LogP contribution in [0, 0.1) is 5.82 Å². The van der Waals surface area contributed by atoms with Crippen molar-refractivity contribution in [1.29, 1.82) is 0 Å². The maximum atomic E-state index is 13.8. The van der Waals surface area contributed by atoms with Crippen LogP contribution >= 0.6 is 11.6 Å². The summed E-state index contributed by atoms with van der Waals surface area (Å²) >= 11 is 6.02. The normalized spacial score (nSPS) is 13.5. The van der Waals surface area contributed by atoms with Crippen LogP contribution in [0.1, 0.15) is 66.2 Å². The molecule has 1 heterocycles. The number of unbranched alkanes of at least 4 members (excludes halogenated alkanes) is 2. The molecule has 1 unspecified atom stereocenters. The zero-order valence-electron chi connectivity index (χ0n) is 21.9. The molecule has 0 bridgehead atoms. The number of ether oxygens (including phenoxy) is 2. The second-order valence-electron chi connectivity index (χ2n) is 9.65. The molecule has 1 fully saturated rings. The summed E-state index contributed by atoms with van der Waals surface area (Å²) in [6.07, 6.45) is 6.46. The Hall–Kier alpha value is -3.49. The molecule has 0 spiro atoms. The number of methoxy groups -OCH3 is 1. The number of aldehydes is 1. The Kier molecular flexibility index (Phi) is 9.90. The molecule has 0 aliphatic heterocycles. The highest BCUT2D eigenvalue weighted by Crippen LogP contribution is 2.34. The molecule has 0 saturated heterocycles. The predicted molar refractivity (Wildman–Crippen MR) is 149 cm³/mol. The number of carbonyl (C=O) groups excluding carboxylic acids is 2. The number of nitrogens with one attached hydrogen (secondary N) is 1. The zero-order chi connectivity index (χ0) is 27.8. The van der Waals surface area contributed by atoms with Crippen LogP contribution in [0.3, 0.4) is 0 Å². The monoisotopic (exact) mass is 553 g/mol. The molecule has 4 rings (SSSR count). The van der Waals surface area contributed by atoms with E-state index in [9.17, 15) is 14.0 Å². The van der Waals surface area contributed by atoms with Gasteiger partial charge in [-0.2, -0.15) is 0 Å². The largest absolute Gasteiger partial charge is 0.493 e. The molecule has 3 aromatic rings. The summed E-state index contributed by atoms with van der Waals surface area (Å²) in [5.74, 6) is 0.414. The van der Waals surface area contributed by atoms with E-state index < -0.39 is 5.82 Å². The standard InChI is InChI=1S/C30H33ClFN3O4/c1-38-29-18-20(7-11-28(29)39-23-8-9-23)30(37)34-13-12-22-15-21(26(33)5-3-2-4-14-36)17-27(35-22)19-6-10-25(32)24(31)16-19/h6-7,10-11,14-18,23,26H,2-5,8-9,12-13,33H2,1H3,(H,34,37). The van der Waals surface area contributed by atoms with Crippen LogP contribution in [-0.2, 0) is 11.2 Å². The van der Waals surface area contributed by atoms with Gasteiger partial charge in [-0.15, -0.1) is 0 Å². The van der Waals surface area contributed by atoms with Crippen molar-refractivity contribution in [1.82, 2.24) is 10.3 Å². The lowest BCUT2D eigenvalue weighted by Crippen LogP contribution is -2.26. The molecule has 9 heteroatoms. The second kappa shape index (κ2) is 13.5. The molecule has 39 heavy (non-hydrogen) atoms. The fourth-order valence-corrected chi connectivity index (χ4v) is 4.37. The number of rotatable bonds is 14. The molecule has 1 aliphatic rings. The van der Waals surface area contributed by atoms with Crippen molar-refractivity contribution < 1.29 is 23.5 Å². The van der Waals surface area contributed by atoms with Crippen LogP contribution in [0.25, 0.3) is 11.3 Å². The van der Waals surface area contributed by atoms with Gasteiger partial charge in [0.15, 0.2) is 11.5 Å². The summed E-state index contributed by atoms with van der Waals surface area (Å²) in [7, 11) is 1.55. The molecule has 3 N–H and O–H groups in total. The van der Waals surface area contributed by atoms with Crippen LogP contribution in [0.4, 0.5) is 4.39 Å². The van der Waals surface area contributed by atoms with Gasteiger partial charge in [0.25, 0.3) is 5.91 Å². The Labute approximate surface area is 232 Å². The minimum atomic E-state index is -0.504. The maximum absolute atomic E-state index is 13.8. The van der Waals surface area contributed by atoms with Crippen molar-refractivity contribution in [2.24, 2.45) is 5.73 Å². The molecule has 1 saturated carbocycles. The Morgan fingerprint density at radius 1 is 1.18 bits per heavy atom. The van der Waals surface area contributed by atoms with Gasteiger partial charge in [-0.1, -0.05) is 18.0 Å². The molecule has 7 nitrogen and oxygen atoms in total. The van der Waals surface area contributed by atoms with Crippen LogP contribution in [0.2, 0.25) is 5.02 Å². The summed E-state index contributed by atoms with van der Waals surface area (Å²) in [5, 5.41) is 2.94. The first-order chi connectivity index (χ1) is 18.9. The smallest absolute Gasteiger partial charge is 0.251 e. The van der Waals surface area contributed by atoms with Gasteiger partial charge >= 0.3 is 0 Å². The molecule has 1 aliphatic carbocycles. The quantitative estimate of drug-likeness (QED) is 0.192. The van der Waals surface area contributed by atoms with Gasteiger partial charge in [-0.05, 0) is 79.8 Å². The Morgan fingerprint density at radius 3 is 2.72 bits per heavy atom. The number of amides is 1. The lowest BCUT2D eigenvalue weighted by atomic mass is 9.98. The van der Waals surface area contributed by atoms with Crippen LogP contribution in [-0.4, -0.2) is 36.9 Å². The highest BCUT2D eigenvalue weighted by Gasteiger charge is 2.25. The maximum Gasteiger partial charge on any atom is 0.251 e. The van der Waals surface area contributed by atoms with Crippen molar-refractivity contribution in [2.45, 2.75) is 57.1 Å². The third-order valence-electron chi connectivity index (χ3n) is 6.54. The van der Waals surface area contributed by atoms with Crippen molar-refractivity contribution in [3.8, 4) is 22.8 Å². The van der Waals surface area contributed by atoms with E-state index in [1.54, 1.807) is 31.4 Å². The number of aromatic nitrogens is 1. The number of nitrogens with zero attached hydrogens (tertiary/aromatic N) is 1. The van der Waals surface area contributed by atoms with Gasteiger partial charge in [0.2, 0.25) is 0 Å². The van der Waals surface area contributed by atoms with E-state index in [0.29, 0.717) is 54.1 Å². The molecular weight excluding hydrogens is 521 g/mol. The van der Waals surface area contributed by atoms with Crippen molar-refractivity contribution >= 4 is 23.8 Å². The Bertz CT molecular complexity index is 1320. The summed E-state index contributed by atoms with van der Waals surface area (Å²) in [5.41, 5.74) is 9.85. The minimum Gasteiger partial charge on any atom is -0.493 e. The highest BCUT2D eigenvalue weighted by molar-refractivity contribution is 6.31. The third-order valence-corrected chi connectivity index (χ3v) is 6.83. The van der Waals surface area contributed by atoms with Crippen LogP contribution in [0.15, 0.2) is 48.5 Å². The molecule has 206 valence electrons. The van der Waals surface area contributed by atoms with E-state index in [1.165, 1.54) is 12.1 Å². The van der Waals surface area contributed by atoms with Crippen LogP contribution in [0.5, 0.6) is 11.5 Å². The van der Waals surface area contributed by atoms with E-state index in [4.69, 9.17) is 31.8 Å². The number of hydrogen-bond acceptors (Lipinski definition) is 6. The van der Waals surface area contributed by atoms with Crippen molar-refractivity contribution in [2.75, 3.05) is 13.7 Å². The summed E-state index contributed by atoms with van der Waals surface area (Å²) in [4.78, 5) is 28.2. The second-order valence-corrected chi connectivity index (χ2v) is 10.1. The van der Waals surface area contributed by atoms with Gasteiger partial charge in [0.05, 0.1) is 23.9 Å². The van der Waals surface area contributed by atoms with Crippen molar-refractivity contribution in [3.05, 3.63) is 76.2 Å². The van der Waals surface area contributed by atoms with Gasteiger partial charge in [-0.3, -0.25) is 9.78 Å². The van der Waals surface area contributed by atoms with Gasteiger partial charge < -0.3 is 25.3 Å². The lowest BCUT2D eigenvalue weighted by Gasteiger charge is -2.16. The number of pyridine rings is 1. The van der Waals surface area contributed by atoms with Gasteiger partial charge in [0.1, 0.15) is 12.1 Å². The van der Waals surface area contributed by atoms with Crippen LogP contribution < -0.4 is 20.5 Å². The predicted octanol–water partition coefficient (Wildman–Crippen LogP) is 5.82. The first-order valence-corrected chi connectivity index (χ1v) is 13.5. The SMILES string of the molecule is COc1cc(C(=O)NCCc2cc(C(N)CCCCC=O)cc(-c3ccc(F)c(Cl)c3)n2)ccc1OC1CC1. The molecule has 0 radical (unpaired) electrons. The van der Waals surface area contributed by atoms with E-state index >= 15 is 0 Å². The van der Waals surface area contributed by atoms with E-state index in [0.717, 1.165) is 43.2 Å². The first kappa shape index (κ1) is 28.5. The number of hydrogen-bond donors (Lipinski definition) is 2. The average Bonchev–Trinajstić information content (AvgIpc) is 3.76. The molecule has 1 atom stereocenters. The number of nitrogens with two attached hydrogens (primary N) is 1. The number of halogens is 2. The van der Waals surface area contributed by atoms with Crippen molar-refractivity contribution in [3.63, 3.8) is 0 Å². The molecular formula is C30H33ClFN3O4. The number of carbonyl (C=O) groups is 2. The topological polar surface area (TPSA) is 104 Å². The molecule has 1 aromatic heterocycles. The van der Waals surface area contributed by atoms with E-state index in [1.807, 2.05) is 12.1 Å².